The Bertz CT molecular complexity index is 134. The molecule has 0 aliphatic heterocycles. The Morgan fingerprint density at radius 1 is 1.55 bits per heavy atom. The van der Waals surface area contributed by atoms with E-state index in [2.05, 4.69) is 6.92 Å². The Morgan fingerprint density at radius 2 is 2.09 bits per heavy atom. The van der Waals surface area contributed by atoms with Crippen molar-refractivity contribution >= 4 is 6.29 Å². The quantitative estimate of drug-likeness (QED) is 0.613. The van der Waals surface area contributed by atoms with Crippen molar-refractivity contribution in [1.82, 2.24) is 0 Å². The molecule has 11 heavy (non-hydrogen) atoms. The van der Waals surface area contributed by atoms with Crippen LogP contribution in [0.2, 0.25) is 0 Å². The van der Waals surface area contributed by atoms with Gasteiger partial charge in [-0.1, -0.05) is 6.92 Å². The summed E-state index contributed by atoms with van der Waals surface area (Å²) in [5, 5.41) is 9.00. The van der Waals surface area contributed by atoms with Gasteiger partial charge in [-0.15, -0.1) is 0 Å². The van der Waals surface area contributed by atoms with Crippen molar-refractivity contribution in [2.24, 2.45) is 11.3 Å². The summed E-state index contributed by atoms with van der Waals surface area (Å²) in [6, 6.07) is 0. The second-order valence-corrected chi connectivity index (χ2v) is 3.82. The standard InChI is InChI=1S/C9H16O2/c1-8-2-4-9(6-10,7-11)5-3-8/h6,8,11H,2-5,7H2,1H3. The van der Waals surface area contributed by atoms with Gasteiger partial charge in [0.2, 0.25) is 0 Å². The molecule has 0 saturated heterocycles. The molecule has 1 fully saturated rings. The third-order valence-electron chi connectivity index (χ3n) is 2.83. The average Bonchev–Trinajstić information content (AvgIpc) is 2.07. The Balaban J connectivity index is 2.52. The number of aliphatic hydroxyl groups excluding tert-OH is 1. The van der Waals surface area contributed by atoms with Gasteiger partial charge in [0.25, 0.3) is 0 Å². The van der Waals surface area contributed by atoms with Crippen LogP contribution < -0.4 is 0 Å². The van der Waals surface area contributed by atoms with Crippen molar-refractivity contribution in [3.05, 3.63) is 0 Å². The zero-order valence-electron chi connectivity index (χ0n) is 7.05. The van der Waals surface area contributed by atoms with Crippen LogP contribution in [0.4, 0.5) is 0 Å². The number of rotatable bonds is 2. The summed E-state index contributed by atoms with van der Waals surface area (Å²) in [5.41, 5.74) is -0.382. The molecule has 0 heterocycles. The number of carbonyl (C=O) groups is 1. The summed E-state index contributed by atoms with van der Waals surface area (Å²) in [4.78, 5) is 10.7. The van der Waals surface area contributed by atoms with Crippen LogP contribution in [-0.2, 0) is 4.79 Å². The predicted octanol–water partition coefficient (Wildman–Crippen LogP) is 1.37. The highest BCUT2D eigenvalue weighted by molar-refractivity contribution is 5.59. The van der Waals surface area contributed by atoms with Crippen LogP contribution in [0.25, 0.3) is 0 Å². The first-order valence-corrected chi connectivity index (χ1v) is 4.30. The van der Waals surface area contributed by atoms with E-state index in [-0.39, 0.29) is 12.0 Å². The maximum Gasteiger partial charge on any atom is 0.128 e. The predicted molar refractivity (Wildman–Crippen MR) is 43.2 cm³/mol. The molecule has 1 aliphatic carbocycles. The second-order valence-electron chi connectivity index (χ2n) is 3.82. The minimum absolute atomic E-state index is 0.0310. The van der Waals surface area contributed by atoms with Crippen molar-refractivity contribution in [1.29, 1.82) is 0 Å². The Hall–Kier alpha value is -0.370. The van der Waals surface area contributed by atoms with E-state index in [1.807, 2.05) is 0 Å². The van der Waals surface area contributed by atoms with Gasteiger partial charge in [0.05, 0.1) is 6.61 Å². The number of carbonyl (C=O) groups excluding carboxylic acids is 1. The largest absolute Gasteiger partial charge is 0.395 e. The van der Waals surface area contributed by atoms with Crippen LogP contribution in [0.3, 0.4) is 0 Å². The van der Waals surface area contributed by atoms with E-state index in [4.69, 9.17) is 5.11 Å². The number of hydrogen-bond donors (Lipinski definition) is 1. The lowest BCUT2D eigenvalue weighted by Gasteiger charge is -2.32. The van der Waals surface area contributed by atoms with E-state index in [1.165, 1.54) is 0 Å². The molecule has 0 bridgehead atoms. The molecule has 0 aromatic rings. The molecule has 0 unspecified atom stereocenters. The third-order valence-corrected chi connectivity index (χ3v) is 2.83. The van der Waals surface area contributed by atoms with Gasteiger partial charge in [0, 0.05) is 5.41 Å². The molecule has 1 rings (SSSR count). The van der Waals surface area contributed by atoms with Crippen molar-refractivity contribution in [2.75, 3.05) is 6.61 Å². The SMILES string of the molecule is CC1CCC(C=O)(CO)CC1. The molecular weight excluding hydrogens is 140 g/mol. The molecule has 0 spiro atoms. The summed E-state index contributed by atoms with van der Waals surface area (Å²) < 4.78 is 0. The highest BCUT2D eigenvalue weighted by Crippen LogP contribution is 2.36. The molecule has 1 N–H and O–H groups in total. The van der Waals surface area contributed by atoms with Crippen LogP contribution in [0.5, 0.6) is 0 Å². The minimum Gasteiger partial charge on any atom is -0.395 e. The summed E-state index contributed by atoms with van der Waals surface area (Å²) >= 11 is 0. The van der Waals surface area contributed by atoms with E-state index >= 15 is 0 Å². The second kappa shape index (κ2) is 3.35. The van der Waals surface area contributed by atoms with E-state index < -0.39 is 0 Å². The maximum atomic E-state index is 10.7. The lowest BCUT2D eigenvalue weighted by molar-refractivity contribution is -0.120. The topological polar surface area (TPSA) is 37.3 Å². The zero-order chi connectivity index (χ0) is 8.32. The molecule has 0 radical (unpaired) electrons. The lowest BCUT2D eigenvalue weighted by atomic mass is 9.72. The Labute approximate surface area is 67.6 Å². The van der Waals surface area contributed by atoms with Crippen molar-refractivity contribution in [3.63, 3.8) is 0 Å². The van der Waals surface area contributed by atoms with Gasteiger partial charge in [-0.2, -0.15) is 0 Å². The normalized spacial score (nSPS) is 38.5. The smallest absolute Gasteiger partial charge is 0.128 e. The molecule has 0 amide bonds. The van der Waals surface area contributed by atoms with Gasteiger partial charge in [-0.3, -0.25) is 0 Å². The fourth-order valence-corrected chi connectivity index (χ4v) is 1.65. The van der Waals surface area contributed by atoms with Crippen molar-refractivity contribution in [3.8, 4) is 0 Å². The first-order valence-electron chi connectivity index (χ1n) is 4.30. The Morgan fingerprint density at radius 3 is 2.45 bits per heavy atom. The fourth-order valence-electron chi connectivity index (χ4n) is 1.65. The van der Waals surface area contributed by atoms with E-state index in [0.717, 1.165) is 37.9 Å². The third kappa shape index (κ3) is 1.80. The molecule has 1 aliphatic rings. The van der Waals surface area contributed by atoms with E-state index in [9.17, 15) is 4.79 Å². The summed E-state index contributed by atoms with van der Waals surface area (Å²) in [6.07, 6.45) is 4.85. The molecule has 2 heteroatoms. The highest BCUT2D eigenvalue weighted by Gasteiger charge is 2.32. The fraction of sp³-hybridized carbons (Fsp3) is 0.889. The van der Waals surface area contributed by atoms with E-state index in [1.54, 1.807) is 0 Å². The average molecular weight is 156 g/mol. The summed E-state index contributed by atoms with van der Waals surface area (Å²) in [6.45, 7) is 2.23. The van der Waals surface area contributed by atoms with Crippen molar-refractivity contribution < 1.29 is 9.90 Å². The first kappa shape index (κ1) is 8.72. The van der Waals surface area contributed by atoms with Crippen LogP contribution in [-0.4, -0.2) is 18.0 Å². The maximum absolute atomic E-state index is 10.7. The summed E-state index contributed by atoms with van der Waals surface area (Å²) in [5.74, 6) is 0.731. The molecule has 64 valence electrons. The molecule has 0 aromatic carbocycles. The highest BCUT2D eigenvalue weighted by atomic mass is 16.3. The van der Waals surface area contributed by atoms with Gasteiger partial charge < -0.3 is 9.90 Å². The van der Waals surface area contributed by atoms with Crippen LogP contribution in [0.1, 0.15) is 32.6 Å². The van der Waals surface area contributed by atoms with Gasteiger partial charge in [0.1, 0.15) is 6.29 Å². The number of aliphatic hydroxyl groups is 1. The Kier molecular flexibility index (Phi) is 2.66. The molecule has 0 atom stereocenters. The number of hydrogen-bond acceptors (Lipinski definition) is 2. The number of aldehydes is 1. The van der Waals surface area contributed by atoms with Gasteiger partial charge >= 0.3 is 0 Å². The molecular formula is C9H16O2. The van der Waals surface area contributed by atoms with Gasteiger partial charge in [0.15, 0.2) is 0 Å². The summed E-state index contributed by atoms with van der Waals surface area (Å²) in [7, 11) is 0. The first-order chi connectivity index (χ1) is 5.22. The van der Waals surface area contributed by atoms with Crippen LogP contribution in [0, 0.1) is 11.3 Å². The minimum atomic E-state index is -0.382. The monoisotopic (exact) mass is 156 g/mol. The molecule has 1 saturated carbocycles. The molecule has 0 aromatic heterocycles. The van der Waals surface area contributed by atoms with Crippen LogP contribution in [0.15, 0.2) is 0 Å². The van der Waals surface area contributed by atoms with Gasteiger partial charge in [-0.05, 0) is 31.6 Å². The molecule has 2 nitrogen and oxygen atoms in total. The van der Waals surface area contributed by atoms with Gasteiger partial charge in [-0.25, -0.2) is 0 Å². The zero-order valence-corrected chi connectivity index (χ0v) is 7.05. The van der Waals surface area contributed by atoms with Crippen molar-refractivity contribution in [2.45, 2.75) is 32.6 Å². The lowest BCUT2D eigenvalue weighted by Crippen LogP contribution is -2.31. The van der Waals surface area contributed by atoms with Crippen LogP contribution >= 0.6 is 0 Å². The van der Waals surface area contributed by atoms with E-state index in [0.29, 0.717) is 0 Å².